The lowest BCUT2D eigenvalue weighted by molar-refractivity contribution is 0.476. The Morgan fingerprint density at radius 1 is 1.58 bits per heavy atom. The van der Waals surface area contributed by atoms with Gasteiger partial charge in [0.2, 0.25) is 0 Å². The van der Waals surface area contributed by atoms with Crippen molar-refractivity contribution in [3.05, 3.63) is 20.8 Å². The molecule has 1 aromatic heterocycles. The third-order valence-electron chi connectivity index (χ3n) is 2.40. The van der Waals surface area contributed by atoms with Gasteiger partial charge in [0.25, 0.3) is 0 Å². The molecule has 0 aromatic carbocycles. The summed E-state index contributed by atoms with van der Waals surface area (Å²) in [5, 5.41) is 0. The van der Waals surface area contributed by atoms with Gasteiger partial charge in [0.1, 0.15) is 0 Å². The van der Waals surface area contributed by atoms with Gasteiger partial charge in [0.05, 0.1) is 3.79 Å². The van der Waals surface area contributed by atoms with Gasteiger partial charge in [-0.1, -0.05) is 13.8 Å². The normalized spacial score (nSPS) is 16.0. The molecule has 0 spiro atoms. The van der Waals surface area contributed by atoms with Gasteiger partial charge >= 0.3 is 0 Å². The fourth-order valence-electron chi connectivity index (χ4n) is 1.06. The molecule has 0 radical (unpaired) electrons. The van der Waals surface area contributed by atoms with Crippen LogP contribution in [0.15, 0.2) is 15.9 Å². The highest BCUT2D eigenvalue weighted by Crippen LogP contribution is 2.34. The molecule has 0 aliphatic heterocycles. The molecule has 0 fully saturated rings. The van der Waals surface area contributed by atoms with E-state index in [9.17, 15) is 0 Å². The Labute approximate surface area is 86.1 Å². The maximum Gasteiger partial charge on any atom is 0.0701 e. The fourth-order valence-corrected chi connectivity index (χ4v) is 2.67. The van der Waals surface area contributed by atoms with Crippen molar-refractivity contribution in [1.82, 2.24) is 0 Å². The van der Waals surface area contributed by atoms with E-state index >= 15 is 0 Å². The molecular formula is C9H14BrNS. The molecule has 1 heterocycles. The van der Waals surface area contributed by atoms with E-state index < -0.39 is 0 Å². The minimum atomic E-state index is 0.163. The molecule has 0 amide bonds. The summed E-state index contributed by atoms with van der Waals surface area (Å²) in [5.74, 6) is 0. The Bertz CT molecular complexity index is 253. The van der Waals surface area contributed by atoms with Gasteiger partial charge < -0.3 is 5.73 Å². The van der Waals surface area contributed by atoms with E-state index in [1.807, 2.05) is 0 Å². The lowest BCUT2D eigenvalue weighted by Crippen LogP contribution is -2.29. The van der Waals surface area contributed by atoms with E-state index in [2.05, 4.69) is 41.9 Å². The maximum absolute atomic E-state index is 5.75. The first-order valence-electron chi connectivity index (χ1n) is 4.08. The summed E-state index contributed by atoms with van der Waals surface area (Å²) in [4.78, 5) is 1.37. The van der Waals surface area contributed by atoms with E-state index in [4.69, 9.17) is 5.73 Å². The molecule has 0 aliphatic carbocycles. The zero-order chi connectivity index (χ0) is 9.19. The second kappa shape index (κ2) is 3.90. The van der Waals surface area contributed by atoms with Crippen molar-refractivity contribution >= 4 is 27.3 Å². The Morgan fingerprint density at radius 2 is 2.25 bits per heavy atom. The Morgan fingerprint density at radius 3 is 2.58 bits per heavy atom. The van der Waals surface area contributed by atoms with Gasteiger partial charge in [-0.2, -0.15) is 0 Å². The molecule has 1 aromatic rings. The number of hydrogen-bond acceptors (Lipinski definition) is 2. The predicted molar refractivity (Wildman–Crippen MR) is 58.7 cm³/mol. The van der Waals surface area contributed by atoms with Crippen molar-refractivity contribution in [3.8, 4) is 0 Å². The number of halogens is 1. The van der Waals surface area contributed by atoms with Crippen LogP contribution < -0.4 is 5.73 Å². The van der Waals surface area contributed by atoms with Crippen LogP contribution >= 0.6 is 27.3 Å². The van der Waals surface area contributed by atoms with Crippen molar-refractivity contribution in [2.45, 2.75) is 25.7 Å². The van der Waals surface area contributed by atoms with Crippen molar-refractivity contribution in [1.29, 1.82) is 0 Å². The number of rotatable bonds is 3. The molecule has 12 heavy (non-hydrogen) atoms. The van der Waals surface area contributed by atoms with E-state index in [-0.39, 0.29) is 5.41 Å². The van der Waals surface area contributed by atoms with Crippen molar-refractivity contribution in [3.63, 3.8) is 0 Å². The minimum absolute atomic E-state index is 0.163. The number of hydrogen-bond donors (Lipinski definition) is 1. The Balaban J connectivity index is 2.94. The minimum Gasteiger partial charge on any atom is -0.330 e. The van der Waals surface area contributed by atoms with E-state index in [0.29, 0.717) is 0 Å². The SMILES string of the molecule is CCC(C)(CN)c1ccc(Br)s1. The summed E-state index contributed by atoms with van der Waals surface area (Å²) in [6.45, 7) is 5.11. The Kier molecular flexibility index (Phi) is 3.32. The maximum atomic E-state index is 5.75. The molecule has 0 saturated heterocycles. The molecule has 68 valence electrons. The smallest absolute Gasteiger partial charge is 0.0701 e. The fraction of sp³-hybridized carbons (Fsp3) is 0.556. The predicted octanol–water partition coefficient (Wildman–Crippen LogP) is 3.14. The monoisotopic (exact) mass is 247 g/mol. The molecule has 0 saturated carbocycles. The van der Waals surface area contributed by atoms with Gasteiger partial charge in [0, 0.05) is 16.8 Å². The van der Waals surface area contributed by atoms with Gasteiger partial charge in [0.15, 0.2) is 0 Å². The van der Waals surface area contributed by atoms with E-state index in [1.54, 1.807) is 11.3 Å². The van der Waals surface area contributed by atoms with Crippen LogP contribution in [0, 0.1) is 0 Å². The summed E-state index contributed by atoms with van der Waals surface area (Å²) in [7, 11) is 0. The average molecular weight is 248 g/mol. The molecule has 1 atom stereocenters. The van der Waals surface area contributed by atoms with Crippen molar-refractivity contribution in [2.24, 2.45) is 5.73 Å². The highest BCUT2D eigenvalue weighted by molar-refractivity contribution is 9.11. The highest BCUT2D eigenvalue weighted by atomic mass is 79.9. The molecule has 2 N–H and O–H groups in total. The first kappa shape index (κ1) is 10.2. The molecule has 1 nitrogen and oxygen atoms in total. The van der Waals surface area contributed by atoms with Crippen LogP contribution in [0.25, 0.3) is 0 Å². The van der Waals surface area contributed by atoms with Gasteiger partial charge in [-0.05, 0) is 34.5 Å². The van der Waals surface area contributed by atoms with Crippen LogP contribution in [-0.2, 0) is 5.41 Å². The van der Waals surface area contributed by atoms with Crippen LogP contribution in [0.4, 0.5) is 0 Å². The van der Waals surface area contributed by atoms with Gasteiger partial charge in [-0.15, -0.1) is 11.3 Å². The zero-order valence-electron chi connectivity index (χ0n) is 7.43. The van der Waals surface area contributed by atoms with E-state index in [1.165, 1.54) is 8.66 Å². The third-order valence-corrected chi connectivity index (χ3v) is 4.33. The molecule has 3 heteroatoms. The third kappa shape index (κ3) is 1.90. The van der Waals surface area contributed by atoms with Crippen LogP contribution in [0.5, 0.6) is 0 Å². The molecule has 1 rings (SSSR count). The largest absolute Gasteiger partial charge is 0.330 e. The number of thiophene rings is 1. The first-order valence-corrected chi connectivity index (χ1v) is 5.69. The summed E-state index contributed by atoms with van der Waals surface area (Å²) in [6, 6.07) is 4.24. The molecule has 0 aliphatic rings. The molecular weight excluding hydrogens is 234 g/mol. The van der Waals surface area contributed by atoms with Crippen LogP contribution in [0.3, 0.4) is 0 Å². The van der Waals surface area contributed by atoms with Crippen LogP contribution in [-0.4, -0.2) is 6.54 Å². The summed E-state index contributed by atoms with van der Waals surface area (Å²) < 4.78 is 1.19. The first-order chi connectivity index (χ1) is 5.62. The lowest BCUT2D eigenvalue weighted by Gasteiger charge is -2.24. The number of nitrogens with two attached hydrogens (primary N) is 1. The summed E-state index contributed by atoms with van der Waals surface area (Å²) in [6.07, 6.45) is 1.09. The van der Waals surface area contributed by atoms with E-state index in [0.717, 1.165) is 13.0 Å². The van der Waals surface area contributed by atoms with Gasteiger partial charge in [-0.3, -0.25) is 0 Å². The quantitative estimate of drug-likeness (QED) is 0.873. The van der Waals surface area contributed by atoms with Crippen LogP contribution in [0.1, 0.15) is 25.1 Å². The topological polar surface area (TPSA) is 26.0 Å². The highest BCUT2D eigenvalue weighted by Gasteiger charge is 2.24. The standard InChI is InChI=1S/C9H14BrNS/c1-3-9(2,6-11)7-4-5-8(10)12-7/h4-5H,3,6,11H2,1-2H3. The second-order valence-corrected chi connectivity index (χ2v) is 5.69. The summed E-state index contributed by atoms with van der Waals surface area (Å²) in [5.41, 5.74) is 5.91. The molecule has 1 unspecified atom stereocenters. The summed E-state index contributed by atoms with van der Waals surface area (Å²) >= 11 is 5.24. The average Bonchev–Trinajstić information content (AvgIpc) is 2.51. The zero-order valence-corrected chi connectivity index (χ0v) is 9.83. The van der Waals surface area contributed by atoms with Crippen molar-refractivity contribution in [2.75, 3.05) is 6.54 Å². The Hall–Kier alpha value is 0.140. The lowest BCUT2D eigenvalue weighted by atomic mass is 9.86. The van der Waals surface area contributed by atoms with Gasteiger partial charge in [-0.25, -0.2) is 0 Å². The second-order valence-electron chi connectivity index (χ2n) is 3.22. The van der Waals surface area contributed by atoms with Crippen LogP contribution in [0.2, 0.25) is 0 Å². The molecule has 0 bridgehead atoms. The van der Waals surface area contributed by atoms with Crippen molar-refractivity contribution < 1.29 is 0 Å².